The molecule has 14 heavy (non-hydrogen) atoms. The fourth-order valence-electron chi connectivity index (χ4n) is 1.84. The highest BCUT2D eigenvalue weighted by Gasteiger charge is 2.15. The van der Waals surface area contributed by atoms with E-state index in [2.05, 4.69) is 39.5 Å². The van der Waals surface area contributed by atoms with Crippen molar-refractivity contribution >= 4 is 0 Å². The van der Waals surface area contributed by atoms with Gasteiger partial charge in [0.2, 0.25) is 0 Å². The van der Waals surface area contributed by atoms with Crippen molar-refractivity contribution in [3.05, 3.63) is 0 Å². The zero-order valence-electron chi connectivity index (χ0n) is 10.6. The van der Waals surface area contributed by atoms with Crippen molar-refractivity contribution in [1.82, 2.24) is 4.90 Å². The molecule has 0 aromatic carbocycles. The Labute approximate surface area is 89.9 Å². The van der Waals surface area contributed by atoms with Crippen LogP contribution in [0.4, 0.5) is 0 Å². The number of rotatable bonds is 7. The lowest BCUT2D eigenvalue weighted by molar-refractivity contribution is 0.176. The molecule has 0 saturated carbocycles. The molecule has 0 aromatic rings. The minimum atomic E-state index is 0.316. The summed E-state index contributed by atoms with van der Waals surface area (Å²) in [7, 11) is 0. The van der Waals surface area contributed by atoms with Crippen LogP contribution in [-0.4, -0.2) is 30.1 Å². The normalized spacial score (nSPS) is 18.2. The average Bonchev–Trinajstić information content (AvgIpc) is 2.12. The van der Waals surface area contributed by atoms with Gasteiger partial charge in [-0.05, 0) is 32.7 Å². The molecular formula is C12H28N2. The lowest BCUT2D eigenvalue weighted by Crippen LogP contribution is -2.39. The maximum absolute atomic E-state index is 5.82. The van der Waals surface area contributed by atoms with Crippen LogP contribution in [0.3, 0.4) is 0 Å². The van der Waals surface area contributed by atoms with Gasteiger partial charge in [0.05, 0.1) is 0 Å². The Morgan fingerprint density at radius 2 is 1.71 bits per heavy atom. The Kier molecular flexibility index (Phi) is 7.20. The van der Waals surface area contributed by atoms with E-state index in [9.17, 15) is 0 Å². The van der Waals surface area contributed by atoms with E-state index in [0.29, 0.717) is 12.1 Å². The highest BCUT2D eigenvalue weighted by atomic mass is 15.1. The quantitative estimate of drug-likeness (QED) is 0.684. The van der Waals surface area contributed by atoms with E-state index in [4.69, 9.17) is 5.73 Å². The number of nitrogens with two attached hydrogens (primary N) is 1. The van der Waals surface area contributed by atoms with E-state index in [1.54, 1.807) is 0 Å². The summed E-state index contributed by atoms with van der Waals surface area (Å²) in [6.45, 7) is 13.5. The first-order valence-corrected chi connectivity index (χ1v) is 6.00. The van der Waals surface area contributed by atoms with Crippen LogP contribution in [0, 0.1) is 5.92 Å². The maximum Gasteiger partial charge on any atom is 0.00815 e. The zero-order chi connectivity index (χ0) is 11.1. The van der Waals surface area contributed by atoms with Gasteiger partial charge in [-0.25, -0.2) is 0 Å². The van der Waals surface area contributed by atoms with Gasteiger partial charge in [-0.3, -0.25) is 0 Å². The van der Waals surface area contributed by atoms with Crippen LogP contribution in [0.5, 0.6) is 0 Å². The van der Waals surface area contributed by atoms with Crippen molar-refractivity contribution in [3.63, 3.8) is 0 Å². The summed E-state index contributed by atoms with van der Waals surface area (Å²) in [5, 5.41) is 0. The van der Waals surface area contributed by atoms with E-state index in [1.165, 1.54) is 13.0 Å². The van der Waals surface area contributed by atoms with Crippen LogP contribution in [0.1, 0.15) is 47.5 Å². The Bertz CT molecular complexity index is 134. The first kappa shape index (κ1) is 13.9. The molecule has 2 N–H and O–H groups in total. The standard InChI is InChI=1S/C12H28N2/c1-6-10(3)9-14(7-2)12(5)8-11(4)13/h10-12H,6-9,13H2,1-5H3. The van der Waals surface area contributed by atoms with E-state index in [0.717, 1.165) is 18.9 Å². The third kappa shape index (κ3) is 5.61. The van der Waals surface area contributed by atoms with Gasteiger partial charge in [0.1, 0.15) is 0 Å². The molecule has 2 nitrogen and oxygen atoms in total. The van der Waals surface area contributed by atoms with Gasteiger partial charge in [-0.2, -0.15) is 0 Å². The topological polar surface area (TPSA) is 29.3 Å². The predicted molar refractivity (Wildman–Crippen MR) is 64.4 cm³/mol. The van der Waals surface area contributed by atoms with Gasteiger partial charge in [0.15, 0.2) is 0 Å². The number of hydrogen-bond donors (Lipinski definition) is 1. The molecule has 0 heterocycles. The largest absolute Gasteiger partial charge is 0.328 e. The highest BCUT2D eigenvalue weighted by molar-refractivity contribution is 4.71. The lowest BCUT2D eigenvalue weighted by Gasteiger charge is -2.31. The summed E-state index contributed by atoms with van der Waals surface area (Å²) in [6.07, 6.45) is 2.37. The van der Waals surface area contributed by atoms with Crippen LogP contribution in [0.15, 0.2) is 0 Å². The lowest BCUT2D eigenvalue weighted by atomic mass is 10.0. The molecular weight excluding hydrogens is 172 g/mol. The van der Waals surface area contributed by atoms with Crippen LogP contribution in [0.2, 0.25) is 0 Å². The van der Waals surface area contributed by atoms with Crippen molar-refractivity contribution in [2.75, 3.05) is 13.1 Å². The third-order valence-corrected chi connectivity index (χ3v) is 2.99. The number of hydrogen-bond acceptors (Lipinski definition) is 2. The molecule has 0 spiro atoms. The predicted octanol–water partition coefficient (Wildman–Crippen LogP) is 2.48. The monoisotopic (exact) mass is 200 g/mol. The van der Waals surface area contributed by atoms with Gasteiger partial charge in [0.25, 0.3) is 0 Å². The van der Waals surface area contributed by atoms with Crippen molar-refractivity contribution in [2.45, 2.75) is 59.5 Å². The molecule has 0 aliphatic carbocycles. The molecule has 0 radical (unpaired) electrons. The van der Waals surface area contributed by atoms with Crippen molar-refractivity contribution < 1.29 is 0 Å². The molecule has 3 unspecified atom stereocenters. The number of nitrogens with zero attached hydrogens (tertiary/aromatic N) is 1. The van der Waals surface area contributed by atoms with Gasteiger partial charge >= 0.3 is 0 Å². The third-order valence-electron chi connectivity index (χ3n) is 2.99. The van der Waals surface area contributed by atoms with Crippen LogP contribution < -0.4 is 5.73 Å². The zero-order valence-corrected chi connectivity index (χ0v) is 10.6. The Morgan fingerprint density at radius 3 is 2.07 bits per heavy atom. The summed E-state index contributed by atoms with van der Waals surface area (Å²) in [5.74, 6) is 0.797. The van der Waals surface area contributed by atoms with Crippen LogP contribution in [0.25, 0.3) is 0 Å². The van der Waals surface area contributed by atoms with E-state index in [-0.39, 0.29) is 0 Å². The second kappa shape index (κ2) is 7.24. The fourth-order valence-corrected chi connectivity index (χ4v) is 1.84. The molecule has 0 fully saturated rings. The second-order valence-corrected chi connectivity index (χ2v) is 4.66. The Morgan fingerprint density at radius 1 is 1.14 bits per heavy atom. The summed E-state index contributed by atoms with van der Waals surface area (Å²) in [6, 6.07) is 0.935. The summed E-state index contributed by atoms with van der Waals surface area (Å²) in [5.41, 5.74) is 5.82. The maximum atomic E-state index is 5.82. The summed E-state index contributed by atoms with van der Waals surface area (Å²) < 4.78 is 0. The Hall–Kier alpha value is -0.0800. The summed E-state index contributed by atoms with van der Waals surface area (Å²) >= 11 is 0. The molecule has 0 aromatic heterocycles. The molecule has 86 valence electrons. The second-order valence-electron chi connectivity index (χ2n) is 4.66. The van der Waals surface area contributed by atoms with Crippen LogP contribution >= 0.6 is 0 Å². The van der Waals surface area contributed by atoms with Gasteiger partial charge in [-0.1, -0.05) is 27.2 Å². The van der Waals surface area contributed by atoms with Crippen LogP contribution in [-0.2, 0) is 0 Å². The molecule has 0 saturated heterocycles. The van der Waals surface area contributed by atoms with Gasteiger partial charge in [-0.15, -0.1) is 0 Å². The first-order chi connectivity index (χ1) is 6.51. The SMILES string of the molecule is CCC(C)CN(CC)C(C)CC(C)N. The fraction of sp³-hybridized carbons (Fsp3) is 1.00. The molecule has 3 atom stereocenters. The minimum absolute atomic E-state index is 0.316. The van der Waals surface area contributed by atoms with E-state index < -0.39 is 0 Å². The minimum Gasteiger partial charge on any atom is -0.328 e. The van der Waals surface area contributed by atoms with Crippen molar-refractivity contribution in [2.24, 2.45) is 11.7 Å². The molecule has 0 aliphatic rings. The van der Waals surface area contributed by atoms with E-state index in [1.807, 2.05) is 0 Å². The molecule has 0 bridgehead atoms. The van der Waals surface area contributed by atoms with Crippen molar-refractivity contribution in [1.29, 1.82) is 0 Å². The average molecular weight is 200 g/mol. The summed E-state index contributed by atoms with van der Waals surface area (Å²) in [4.78, 5) is 2.54. The highest BCUT2D eigenvalue weighted by Crippen LogP contribution is 2.10. The Balaban J connectivity index is 3.98. The van der Waals surface area contributed by atoms with Gasteiger partial charge < -0.3 is 10.6 Å². The van der Waals surface area contributed by atoms with E-state index >= 15 is 0 Å². The molecule has 0 amide bonds. The molecule has 0 rings (SSSR count). The smallest absolute Gasteiger partial charge is 0.00815 e. The van der Waals surface area contributed by atoms with Gasteiger partial charge in [0, 0.05) is 18.6 Å². The first-order valence-electron chi connectivity index (χ1n) is 6.00. The van der Waals surface area contributed by atoms with Crippen molar-refractivity contribution in [3.8, 4) is 0 Å². The molecule has 2 heteroatoms. The molecule has 0 aliphatic heterocycles.